The minimum absolute atomic E-state index is 0.0237. The second-order valence-electron chi connectivity index (χ2n) is 5.20. The van der Waals surface area contributed by atoms with Gasteiger partial charge in [-0.2, -0.15) is 0 Å². The SMILES string of the molecule is CC1Cc2ccccc2N1C(=O)N/C=C/C1CC1. The smallest absolute Gasteiger partial charge is 0.315 e. The van der Waals surface area contributed by atoms with Crippen LogP contribution in [0.1, 0.15) is 25.3 Å². The number of carbonyl (C=O) groups excluding carboxylic acids is 1. The molecule has 1 aliphatic carbocycles. The van der Waals surface area contributed by atoms with Crippen molar-refractivity contribution in [2.75, 3.05) is 4.90 Å². The van der Waals surface area contributed by atoms with Gasteiger partial charge in [-0.25, -0.2) is 4.79 Å². The third-order valence-corrected chi connectivity index (χ3v) is 3.62. The van der Waals surface area contributed by atoms with Crippen molar-refractivity contribution in [1.29, 1.82) is 0 Å². The molecule has 1 unspecified atom stereocenters. The van der Waals surface area contributed by atoms with E-state index in [9.17, 15) is 4.79 Å². The molecule has 2 amide bonds. The number of urea groups is 1. The van der Waals surface area contributed by atoms with Gasteiger partial charge in [0.1, 0.15) is 0 Å². The molecule has 1 aliphatic heterocycles. The van der Waals surface area contributed by atoms with Gasteiger partial charge < -0.3 is 5.32 Å². The average molecular weight is 242 g/mol. The van der Waals surface area contributed by atoms with Crippen LogP contribution < -0.4 is 10.2 Å². The first-order chi connectivity index (χ1) is 8.75. The van der Waals surface area contributed by atoms with Gasteiger partial charge in [0.05, 0.1) is 0 Å². The van der Waals surface area contributed by atoms with E-state index in [-0.39, 0.29) is 12.1 Å². The third-order valence-electron chi connectivity index (χ3n) is 3.62. The van der Waals surface area contributed by atoms with Gasteiger partial charge in [-0.05, 0) is 43.7 Å². The minimum atomic E-state index is -0.0237. The van der Waals surface area contributed by atoms with E-state index in [2.05, 4.69) is 24.4 Å². The topological polar surface area (TPSA) is 32.3 Å². The standard InChI is InChI=1S/C15H18N2O/c1-11-10-13-4-2-3-5-14(13)17(11)15(18)16-9-8-12-6-7-12/h2-5,8-9,11-12H,6-7,10H2,1H3,(H,16,18)/b9-8+. The molecule has 0 spiro atoms. The van der Waals surface area contributed by atoms with Gasteiger partial charge in [0, 0.05) is 17.9 Å². The maximum absolute atomic E-state index is 12.2. The number of rotatable bonds is 2. The Bertz CT molecular complexity index is 491. The predicted molar refractivity (Wildman–Crippen MR) is 72.5 cm³/mol. The first kappa shape index (κ1) is 11.3. The van der Waals surface area contributed by atoms with E-state index in [1.165, 1.54) is 18.4 Å². The molecule has 0 aromatic heterocycles. The molecule has 94 valence electrons. The van der Waals surface area contributed by atoms with Crippen molar-refractivity contribution < 1.29 is 4.79 Å². The van der Waals surface area contributed by atoms with E-state index in [1.807, 2.05) is 23.1 Å². The lowest BCUT2D eigenvalue weighted by molar-refractivity contribution is 0.248. The Balaban J connectivity index is 1.72. The summed E-state index contributed by atoms with van der Waals surface area (Å²) in [5, 5.41) is 2.87. The molecule has 0 bridgehead atoms. The Kier molecular flexibility index (Phi) is 2.82. The van der Waals surface area contributed by atoms with Crippen molar-refractivity contribution in [3.8, 4) is 0 Å². The fourth-order valence-electron chi connectivity index (χ4n) is 2.49. The summed E-state index contributed by atoms with van der Waals surface area (Å²) in [5.74, 6) is 0.689. The Morgan fingerprint density at radius 3 is 2.94 bits per heavy atom. The zero-order valence-electron chi connectivity index (χ0n) is 10.6. The summed E-state index contributed by atoms with van der Waals surface area (Å²) in [7, 11) is 0. The van der Waals surface area contributed by atoms with Crippen LogP contribution in [0.3, 0.4) is 0 Å². The highest BCUT2D eigenvalue weighted by atomic mass is 16.2. The number of para-hydroxylation sites is 1. The summed E-state index contributed by atoms with van der Waals surface area (Å²) in [6, 6.07) is 8.33. The number of hydrogen-bond donors (Lipinski definition) is 1. The van der Waals surface area contributed by atoms with Crippen LogP contribution >= 0.6 is 0 Å². The molecule has 2 aliphatic rings. The molecule has 1 atom stereocenters. The molecule has 1 heterocycles. The van der Waals surface area contributed by atoms with Crippen LogP contribution in [0.2, 0.25) is 0 Å². The molecular formula is C15H18N2O. The Morgan fingerprint density at radius 1 is 1.39 bits per heavy atom. The summed E-state index contributed by atoms with van der Waals surface area (Å²) in [6.07, 6.45) is 7.35. The van der Waals surface area contributed by atoms with Crippen molar-refractivity contribution in [1.82, 2.24) is 5.32 Å². The number of benzene rings is 1. The van der Waals surface area contributed by atoms with Crippen LogP contribution in [0, 0.1) is 5.92 Å². The van der Waals surface area contributed by atoms with E-state index in [0.717, 1.165) is 12.1 Å². The van der Waals surface area contributed by atoms with E-state index in [0.29, 0.717) is 5.92 Å². The molecule has 3 heteroatoms. The van der Waals surface area contributed by atoms with Gasteiger partial charge in [0.2, 0.25) is 0 Å². The van der Waals surface area contributed by atoms with Gasteiger partial charge >= 0.3 is 6.03 Å². The number of fused-ring (bicyclic) bond motifs is 1. The summed E-state index contributed by atoms with van der Waals surface area (Å²) in [5.41, 5.74) is 2.30. The lowest BCUT2D eigenvalue weighted by Crippen LogP contribution is -2.41. The van der Waals surface area contributed by atoms with Crippen LogP contribution in [0.5, 0.6) is 0 Å². The molecule has 1 saturated carbocycles. The second-order valence-corrected chi connectivity index (χ2v) is 5.20. The Labute approximate surface area is 107 Å². The fourth-order valence-corrected chi connectivity index (χ4v) is 2.49. The van der Waals surface area contributed by atoms with Crippen LogP contribution in [0.4, 0.5) is 10.5 Å². The molecule has 1 aromatic rings. The largest absolute Gasteiger partial charge is 0.326 e. The van der Waals surface area contributed by atoms with E-state index >= 15 is 0 Å². The van der Waals surface area contributed by atoms with Gasteiger partial charge in [0.15, 0.2) is 0 Å². The highest BCUT2D eigenvalue weighted by molar-refractivity contribution is 5.95. The van der Waals surface area contributed by atoms with Gasteiger partial charge in [-0.15, -0.1) is 0 Å². The number of carbonyl (C=O) groups is 1. The molecule has 1 N–H and O–H groups in total. The first-order valence-electron chi connectivity index (χ1n) is 6.60. The minimum Gasteiger partial charge on any atom is -0.315 e. The number of nitrogens with one attached hydrogen (secondary N) is 1. The quantitative estimate of drug-likeness (QED) is 0.849. The molecule has 1 fully saturated rings. The Hall–Kier alpha value is -1.77. The summed E-state index contributed by atoms with van der Waals surface area (Å²) >= 11 is 0. The zero-order chi connectivity index (χ0) is 12.5. The van der Waals surface area contributed by atoms with Gasteiger partial charge in [-0.1, -0.05) is 24.3 Å². The molecule has 1 aromatic carbocycles. The van der Waals surface area contributed by atoms with Crippen LogP contribution in [-0.4, -0.2) is 12.1 Å². The summed E-state index contributed by atoms with van der Waals surface area (Å²) in [6.45, 7) is 2.09. The van der Waals surface area contributed by atoms with E-state index < -0.39 is 0 Å². The average Bonchev–Trinajstić information content (AvgIpc) is 3.10. The Morgan fingerprint density at radius 2 is 2.17 bits per heavy atom. The van der Waals surface area contributed by atoms with Crippen molar-refractivity contribution >= 4 is 11.7 Å². The predicted octanol–water partition coefficient (Wildman–Crippen LogP) is 3.07. The normalized spacial score (nSPS) is 22.3. The van der Waals surface area contributed by atoms with E-state index in [4.69, 9.17) is 0 Å². The first-order valence-corrected chi connectivity index (χ1v) is 6.60. The van der Waals surface area contributed by atoms with E-state index in [1.54, 1.807) is 6.20 Å². The van der Waals surface area contributed by atoms with Crippen LogP contribution in [0.15, 0.2) is 36.5 Å². The molecule has 3 nitrogen and oxygen atoms in total. The monoisotopic (exact) mass is 242 g/mol. The number of hydrogen-bond acceptors (Lipinski definition) is 1. The third kappa shape index (κ3) is 2.13. The van der Waals surface area contributed by atoms with Crippen molar-refractivity contribution in [2.45, 2.75) is 32.2 Å². The van der Waals surface area contributed by atoms with Gasteiger partial charge in [-0.3, -0.25) is 4.90 Å². The number of anilines is 1. The van der Waals surface area contributed by atoms with Crippen LogP contribution in [0.25, 0.3) is 0 Å². The van der Waals surface area contributed by atoms with Crippen molar-refractivity contribution in [3.05, 3.63) is 42.1 Å². The lowest BCUT2D eigenvalue weighted by atomic mass is 10.1. The highest BCUT2D eigenvalue weighted by Crippen LogP contribution is 2.32. The molecular weight excluding hydrogens is 224 g/mol. The molecule has 18 heavy (non-hydrogen) atoms. The zero-order valence-corrected chi connectivity index (χ0v) is 10.6. The van der Waals surface area contributed by atoms with Crippen molar-refractivity contribution in [3.63, 3.8) is 0 Å². The molecule has 3 rings (SSSR count). The van der Waals surface area contributed by atoms with Crippen LogP contribution in [-0.2, 0) is 6.42 Å². The number of allylic oxidation sites excluding steroid dienone is 1. The number of amides is 2. The summed E-state index contributed by atoms with van der Waals surface area (Å²) < 4.78 is 0. The maximum Gasteiger partial charge on any atom is 0.326 e. The molecule has 0 radical (unpaired) electrons. The number of nitrogens with zero attached hydrogens (tertiary/aromatic N) is 1. The fraction of sp³-hybridized carbons (Fsp3) is 0.400. The highest BCUT2D eigenvalue weighted by Gasteiger charge is 2.30. The van der Waals surface area contributed by atoms with Crippen molar-refractivity contribution in [2.24, 2.45) is 5.92 Å². The summed E-state index contributed by atoms with van der Waals surface area (Å²) in [4.78, 5) is 14.0. The lowest BCUT2D eigenvalue weighted by Gasteiger charge is -2.22. The van der Waals surface area contributed by atoms with Gasteiger partial charge in [0.25, 0.3) is 0 Å². The second kappa shape index (κ2) is 4.48. The molecule has 0 saturated heterocycles. The maximum atomic E-state index is 12.2.